The summed E-state index contributed by atoms with van der Waals surface area (Å²) in [6.45, 7) is 2.57. The highest BCUT2D eigenvalue weighted by atomic mass is 79.9. The molecule has 0 bridgehead atoms. The van der Waals surface area contributed by atoms with Crippen molar-refractivity contribution in [3.63, 3.8) is 0 Å². The molecule has 0 amide bonds. The number of rotatable bonds is 4. The minimum Gasteiger partial charge on any atom is -0.489 e. The molecule has 0 unspecified atom stereocenters. The number of hydrogen-bond acceptors (Lipinski definition) is 2. The predicted molar refractivity (Wildman–Crippen MR) is 89.9 cm³/mol. The lowest BCUT2D eigenvalue weighted by atomic mass is 10.1. The van der Waals surface area contributed by atoms with Crippen LogP contribution in [0.25, 0.3) is 10.9 Å². The van der Waals surface area contributed by atoms with Crippen LogP contribution >= 0.6 is 15.9 Å². The molecule has 0 aliphatic heterocycles. The first-order valence-corrected chi connectivity index (χ1v) is 8.01. The molecule has 106 valence electrons. The molecule has 0 spiro atoms. The Morgan fingerprint density at radius 2 is 1.81 bits per heavy atom. The molecular weight excluding hydrogens is 326 g/mol. The number of aromatic nitrogens is 1. The zero-order valence-electron chi connectivity index (χ0n) is 11.8. The van der Waals surface area contributed by atoms with Gasteiger partial charge in [0.25, 0.3) is 0 Å². The van der Waals surface area contributed by atoms with E-state index < -0.39 is 0 Å². The Hall–Kier alpha value is -1.87. The van der Waals surface area contributed by atoms with Gasteiger partial charge in [-0.2, -0.15) is 0 Å². The third-order valence-electron chi connectivity index (χ3n) is 3.40. The molecule has 0 saturated heterocycles. The van der Waals surface area contributed by atoms with Crippen LogP contribution in [0.4, 0.5) is 0 Å². The monoisotopic (exact) mass is 341 g/mol. The molecule has 0 radical (unpaired) electrons. The van der Waals surface area contributed by atoms with E-state index in [0.717, 1.165) is 27.7 Å². The van der Waals surface area contributed by atoms with Gasteiger partial charge in [0.05, 0.1) is 5.52 Å². The van der Waals surface area contributed by atoms with E-state index in [-0.39, 0.29) is 0 Å². The van der Waals surface area contributed by atoms with Crippen LogP contribution < -0.4 is 4.74 Å². The number of ether oxygens (including phenoxy) is 1. The van der Waals surface area contributed by atoms with Crippen molar-refractivity contribution in [1.82, 2.24) is 4.98 Å². The third kappa shape index (κ3) is 3.24. The van der Waals surface area contributed by atoms with Gasteiger partial charge in [0.2, 0.25) is 0 Å². The van der Waals surface area contributed by atoms with Crippen LogP contribution in [-0.4, -0.2) is 4.98 Å². The lowest BCUT2D eigenvalue weighted by molar-refractivity contribution is 0.307. The van der Waals surface area contributed by atoms with E-state index in [1.807, 2.05) is 37.3 Å². The van der Waals surface area contributed by atoms with Crippen molar-refractivity contribution in [3.05, 3.63) is 71.4 Å². The fourth-order valence-electron chi connectivity index (χ4n) is 2.35. The maximum atomic E-state index is 5.91. The summed E-state index contributed by atoms with van der Waals surface area (Å²) in [6, 6.07) is 18.4. The summed E-state index contributed by atoms with van der Waals surface area (Å²) in [7, 11) is 0. The molecule has 2 nitrogen and oxygen atoms in total. The largest absolute Gasteiger partial charge is 0.489 e. The van der Waals surface area contributed by atoms with Gasteiger partial charge in [0.15, 0.2) is 0 Å². The molecule has 0 fully saturated rings. The molecule has 0 saturated carbocycles. The van der Waals surface area contributed by atoms with Gasteiger partial charge in [-0.05, 0) is 36.8 Å². The second kappa shape index (κ2) is 6.27. The van der Waals surface area contributed by atoms with Crippen molar-refractivity contribution >= 4 is 26.8 Å². The Kier molecular flexibility index (Phi) is 4.20. The highest BCUT2D eigenvalue weighted by Gasteiger charge is 2.04. The second-order valence-electron chi connectivity index (χ2n) is 5.01. The molecule has 2 aromatic carbocycles. The molecule has 0 aliphatic carbocycles. The standard InChI is InChI=1S/C18H16BrNO/c1-13-10-15(17-4-2-3-5-18(17)20-13)12-21-16-8-6-14(11-19)7-9-16/h2-10H,11-12H2,1H3. The minimum absolute atomic E-state index is 0.553. The lowest BCUT2D eigenvalue weighted by Crippen LogP contribution is -1.98. The normalized spacial score (nSPS) is 10.8. The zero-order valence-corrected chi connectivity index (χ0v) is 13.4. The van der Waals surface area contributed by atoms with E-state index in [9.17, 15) is 0 Å². The summed E-state index contributed by atoms with van der Waals surface area (Å²) in [6.07, 6.45) is 0. The number of pyridine rings is 1. The lowest BCUT2D eigenvalue weighted by Gasteiger charge is -2.10. The molecule has 21 heavy (non-hydrogen) atoms. The molecule has 3 rings (SSSR count). The van der Waals surface area contributed by atoms with Crippen molar-refractivity contribution in [2.24, 2.45) is 0 Å². The van der Waals surface area contributed by atoms with Crippen molar-refractivity contribution in [2.45, 2.75) is 18.9 Å². The summed E-state index contributed by atoms with van der Waals surface area (Å²) < 4.78 is 5.91. The summed E-state index contributed by atoms with van der Waals surface area (Å²) in [5.41, 5.74) is 4.45. The highest BCUT2D eigenvalue weighted by molar-refractivity contribution is 9.08. The van der Waals surface area contributed by atoms with Crippen molar-refractivity contribution < 1.29 is 4.74 Å². The Morgan fingerprint density at radius 3 is 2.57 bits per heavy atom. The van der Waals surface area contributed by atoms with Crippen LogP contribution in [0.5, 0.6) is 5.75 Å². The van der Waals surface area contributed by atoms with Crippen molar-refractivity contribution in [3.8, 4) is 5.75 Å². The molecule has 3 heteroatoms. The quantitative estimate of drug-likeness (QED) is 0.621. The van der Waals surface area contributed by atoms with Crippen LogP contribution in [0, 0.1) is 6.92 Å². The number of nitrogens with zero attached hydrogens (tertiary/aromatic N) is 1. The molecule has 1 aromatic heterocycles. The van der Waals surface area contributed by atoms with Gasteiger partial charge in [-0.25, -0.2) is 0 Å². The molecule has 0 atom stereocenters. The molecule has 0 aliphatic rings. The average Bonchev–Trinajstić information content (AvgIpc) is 2.53. The Bertz CT molecular complexity index is 753. The van der Waals surface area contributed by atoms with E-state index in [0.29, 0.717) is 6.61 Å². The molecule has 1 heterocycles. The number of fused-ring (bicyclic) bond motifs is 1. The number of hydrogen-bond donors (Lipinski definition) is 0. The number of aryl methyl sites for hydroxylation is 1. The van der Waals surface area contributed by atoms with Gasteiger partial charge < -0.3 is 4.74 Å². The third-order valence-corrected chi connectivity index (χ3v) is 4.05. The number of alkyl halides is 1. The van der Waals surface area contributed by atoms with Crippen LogP contribution in [0.2, 0.25) is 0 Å². The van der Waals surface area contributed by atoms with Gasteiger partial charge in [0, 0.05) is 22.0 Å². The molecule has 0 N–H and O–H groups in total. The highest BCUT2D eigenvalue weighted by Crippen LogP contribution is 2.21. The van der Waals surface area contributed by atoms with Crippen molar-refractivity contribution in [2.75, 3.05) is 0 Å². The maximum absolute atomic E-state index is 5.91. The average molecular weight is 342 g/mol. The number of benzene rings is 2. The van der Waals surface area contributed by atoms with Crippen LogP contribution in [-0.2, 0) is 11.9 Å². The second-order valence-corrected chi connectivity index (χ2v) is 5.57. The van der Waals surface area contributed by atoms with Crippen LogP contribution in [0.3, 0.4) is 0 Å². The maximum Gasteiger partial charge on any atom is 0.119 e. The summed E-state index contributed by atoms with van der Waals surface area (Å²) in [5, 5.41) is 2.02. The topological polar surface area (TPSA) is 22.1 Å². The Balaban J connectivity index is 1.84. The Labute approximate surface area is 132 Å². The fourth-order valence-corrected chi connectivity index (χ4v) is 2.72. The number of para-hydroxylation sites is 1. The predicted octanol–water partition coefficient (Wildman–Crippen LogP) is 5.02. The smallest absolute Gasteiger partial charge is 0.119 e. The van der Waals surface area contributed by atoms with Crippen LogP contribution in [0.15, 0.2) is 54.6 Å². The zero-order chi connectivity index (χ0) is 14.7. The van der Waals surface area contributed by atoms with E-state index in [2.05, 4.69) is 45.2 Å². The SMILES string of the molecule is Cc1cc(COc2ccc(CBr)cc2)c2ccccc2n1. The first-order valence-electron chi connectivity index (χ1n) is 6.89. The Morgan fingerprint density at radius 1 is 1.05 bits per heavy atom. The minimum atomic E-state index is 0.553. The summed E-state index contributed by atoms with van der Waals surface area (Å²) in [4.78, 5) is 4.55. The van der Waals surface area contributed by atoms with Gasteiger partial charge in [-0.15, -0.1) is 0 Å². The first-order chi connectivity index (χ1) is 10.3. The van der Waals surface area contributed by atoms with E-state index in [1.165, 1.54) is 11.1 Å². The van der Waals surface area contributed by atoms with Gasteiger partial charge >= 0.3 is 0 Å². The van der Waals surface area contributed by atoms with Gasteiger partial charge in [0.1, 0.15) is 12.4 Å². The van der Waals surface area contributed by atoms with Crippen molar-refractivity contribution in [1.29, 1.82) is 0 Å². The van der Waals surface area contributed by atoms with Gasteiger partial charge in [-0.1, -0.05) is 46.3 Å². The molecular formula is C18H16BrNO. The van der Waals surface area contributed by atoms with E-state index in [4.69, 9.17) is 4.74 Å². The van der Waals surface area contributed by atoms with Gasteiger partial charge in [-0.3, -0.25) is 4.98 Å². The summed E-state index contributed by atoms with van der Waals surface area (Å²) in [5.74, 6) is 0.887. The first kappa shape index (κ1) is 14.1. The van der Waals surface area contributed by atoms with E-state index in [1.54, 1.807) is 0 Å². The molecule has 3 aromatic rings. The van der Waals surface area contributed by atoms with E-state index >= 15 is 0 Å². The van der Waals surface area contributed by atoms with Crippen LogP contribution in [0.1, 0.15) is 16.8 Å². The summed E-state index contributed by atoms with van der Waals surface area (Å²) >= 11 is 3.45. The fraction of sp³-hybridized carbons (Fsp3) is 0.167. The number of halogens is 1.